The van der Waals surface area contributed by atoms with Crippen molar-refractivity contribution in [3.05, 3.63) is 86.9 Å². The molecule has 3 aromatic carbocycles. The molecule has 0 heterocycles. The number of nitrogens with zero attached hydrogens (tertiary/aromatic N) is 1. The van der Waals surface area contributed by atoms with Gasteiger partial charge in [0.2, 0.25) is 0 Å². The first-order valence-electron chi connectivity index (χ1n) is 11.7. The number of amides is 2. The van der Waals surface area contributed by atoms with E-state index < -0.39 is 87.4 Å². The van der Waals surface area contributed by atoms with Crippen LogP contribution in [0.5, 0.6) is 5.75 Å². The Morgan fingerprint density at radius 2 is 1.50 bits per heavy atom. The van der Waals surface area contributed by atoms with E-state index in [1.165, 1.54) is 6.92 Å². The normalized spacial score (nSPS) is 12.3. The third-order valence-electron chi connectivity index (χ3n) is 5.92. The Morgan fingerprint density at radius 3 is 2.02 bits per heavy atom. The van der Waals surface area contributed by atoms with Gasteiger partial charge in [-0.25, -0.2) is 13.2 Å². The van der Waals surface area contributed by atoms with Crippen LogP contribution >= 0.6 is 23.2 Å². The van der Waals surface area contributed by atoms with E-state index in [9.17, 15) is 53.5 Å². The average molecular weight is 683 g/mol. The zero-order valence-electron chi connectivity index (χ0n) is 21.5. The molecule has 0 aliphatic rings. The van der Waals surface area contributed by atoms with Gasteiger partial charge in [-0.2, -0.15) is 35.1 Å². The minimum atomic E-state index is -6.65. The maximum Gasteiger partial charge on any atom is 0.435 e. The van der Waals surface area contributed by atoms with Gasteiger partial charge in [-0.3, -0.25) is 9.59 Å². The van der Waals surface area contributed by atoms with Crippen molar-refractivity contribution < 1.29 is 62.6 Å². The minimum Gasteiger partial charge on any atom is -0.433 e. The Labute approximate surface area is 250 Å². The van der Waals surface area contributed by atoms with Crippen molar-refractivity contribution in [1.29, 1.82) is 0 Å². The monoisotopic (exact) mass is 682 g/mol. The zero-order chi connectivity index (χ0) is 33.4. The summed E-state index contributed by atoms with van der Waals surface area (Å²) < 4.78 is 153. The molecular weight excluding hydrogens is 668 g/mol. The molecule has 3 aromatic rings. The summed E-state index contributed by atoms with van der Waals surface area (Å²) in [6, 6.07) is 5.00. The van der Waals surface area contributed by atoms with Crippen molar-refractivity contribution in [3.63, 3.8) is 0 Å². The first-order chi connectivity index (χ1) is 20.2. The quantitative estimate of drug-likeness (QED) is 0.241. The van der Waals surface area contributed by atoms with Gasteiger partial charge in [0.15, 0.2) is 11.6 Å². The molecule has 0 bridgehead atoms. The van der Waals surface area contributed by atoms with E-state index in [4.69, 9.17) is 23.2 Å². The van der Waals surface area contributed by atoms with Crippen LogP contribution in [-0.4, -0.2) is 37.3 Å². The molecule has 3 rings (SSSR count). The van der Waals surface area contributed by atoms with E-state index in [0.29, 0.717) is 0 Å². The van der Waals surface area contributed by atoms with Crippen molar-refractivity contribution in [3.8, 4) is 5.75 Å². The topological polar surface area (TPSA) is 58.6 Å². The van der Waals surface area contributed by atoms with Crippen LogP contribution < -0.4 is 15.0 Å². The number of alkyl halides is 9. The number of nitrogens with one attached hydrogen (secondary N) is 1. The summed E-state index contributed by atoms with van der Waals surface area (Å²) in [6.45, 7) is -2.77. The van der Waals surface area contributed by atoms with Gasteiger partial charge in [-0.15, -0.1) is 0 Å². The average Bonchev–Trinajstić information content (AvgIpc) is 2.89. The number of rotatable bonds is 8. The number of hydrogen-bond acceptors (Lipinski definition) is 3. The Kier molecular flexibility index (Phi) is 9.99. The molecule has 0 aliphatic carbocycles. The van der Waals surface area contributed by atoms with Crippen LogP contribution in [0.4, 0.5) is 59.7 Å². The van der Waals surface area contributed by atoms with Gasteiger partial charge in [-0.05, 0) is 49.4 Å². The summed E-state index contributed by atoms with van der Waals surface area (Å²) in [6.07, 6.45) is -13.3. The molecule has 0 aliphatic heterocycles. The first kappa shape index (κ1) is 34.7. The molecule has 0 radical (unpaired) electrons. The van der Waals surface area contributed by atoms with E-state index >= 15 is 4.39 Å². The van der Waals surface area contributed by atoms with Crippen molar-refractivity contribution >= 4 is 46.4 Å². The van der Waals surface area contributed by atoms with Crippen LogP contribution in [0.2, 0.25) is 10.0 Å². The maximum atomic E-state index is 15.6. The summed E-state index contributed by atoms with van der Waals surface area (Å²) >= 11 is 11.6. The Balaban J connectivity index is 2.08. The zero-order valence-corrected chi connectivity index (χ0v) is 23.0. The molecule has 18 heteroatoms. The first-order valence-corrected chi connectivity index (χ1v) is 12.5. The number of ether oxygens (including phenoxy) is 1. The van der Waals surface area contributed by atoms with Crippen LogP contribution in [0.3, 0.4) is 0 Å². The Hall–Kier alpha value is -3.79. The molecule has 44 heavy (non-hydrogen) atoms. The van der Waals surface area contributed by atoms with Crippen LogP contribution in [0.25, 0.3) is 0 Å². The van der Waals surface area contributed by atoms with Crippen LogP contribution in [0, 0.1) is 11.6 Å². The highest BCUT2D eigenvalue weighted by atomic mass is 35.5. The summed E-state index contributed by atoms with van der Waals surface area (Å²) in [5.41, 5.74) is -11.3. The van der Waals surface area contributed by atoms with Crippen molar-refractivity contribution in [2.45, 2.75) is 31.6 Å². The van der Waals surface area contributed by atoms with Crippen molar-refractivity contribution in [1.82, 2.24) is 0 Å². The van der Waals surface area contributed by atoms with Gasteiger partial charge in [-0.1, -0.05) is 29.3 Å². The summed E-state index contributed by atoms with van der Waals surface area (Å²) in [7, 11) is 0. The van der Waals surface area contributed by atoms with E-state index in [1.54, 1.807) is 5.32 Å². The standard InChI is InChI=1S/C26H15Cl2F11N2O3/c1-2-41(22(43)13-7-6-12(29)10-15(13)27)17-5-3-4-14(19(17)30)21(42)40-20-16(28)8-11(9-18(20)44-23(31)32)24(33,25(34,35)36)26(37,38)39/h3-10,23H,2H2,1H3,(H,40,42). The second-order valence-corrected chi connectivity index (χ2v) is 9.44. The highest BCUT2D eigenvalue weighted by Gasteiger charge is 2.73. The van der Waals surface area contributed by atoms with Crippen molar-refractivity contribution in [2.24, 2.45) is 0 Å². The van der Waals surface area contributed by atoms with E-state index in [1.807, 2.05) is 0 Å². The van der Waals surface area contributed by atoms with Gasteiger partial charge in [0.25, 0.3) is 11.8 Å². The lowest BCUT2D eigenvalue weighted by molar-refractivity contribution is -0.348. The Bertz CT molecular complexity index is 1570. The largest absolute Gasteiger partial charge is 0.435 e. The Morgan fingerprint density at radius 1 is 0.886 bits per heavy atom. The predicted octanol–water partition coefficient (Wildman–Crippen LogP) is 9.08. The fraction of sp³-hybridized carbons (Fsp3) is 0.231. The molecule has 0 saturated heterocycles. The predicted molar refractivity (Wildman–Crippen MR) is 136 cm³/mol. The van der Waals surface area contributed by atoms with Crippen molar-refractivity contribution in [2.75, 3.05) is 16.8 Å². The number of benzene rings is 3. The molecular formula is C26H15Cl2F11N2O3. The van der Waals surface area contributed by atoms with Gasteiger partial charge in [0, 0.05) is 12.1 Å². The third-order valence-corrected chi connectivity index (χ3v) is 6.54. The number of anilines is 2. The highest BCUT2D eigenvalue weighted by molar-refractivity contribution is 6.35. The number of carbonyl (C=O) groups is 2. The molecule has 0 atom stereocenters. The smallest absolute Gasteiger partial charge is 0.433 e. The van der Waals surface area contributed by atoms with Gasteiger partial charge in [0.05, 0.1) is 26.9 Å². The third kappa shape index (κ3) is 6.65. The summed E-state index contributed by atoms with van der Waals surface area (Å²) in [4.78, 5) is 26.8. The molecule has 0 fully saturated rings. The van der Waals surface area contributed by atoms with Crippen LogP contribution in [0.1, 0.15) is 33.2 Å². The van der Waals surface area contributed by atoms with Crippen LogP contribution in [-0.2, 0) is 5.67 Å². The number of hydrogen-bond donors (Lipinski definition) is 1. The summed E-state index contributed by atoms with van der Waals surface area (Å²) in [5.74, 6) is -6.32. The second-order valence-electron chi connectivity index (χ2n) is 8.63. The minimum absolute atomic E-state index is 0.229. The molecule has 0 spiro atoms. The lowest BCUT2D eigenvalue weighted by Gasteiger charge is -2.31. The van der Waals surface area contributed by atoms with Gasteiger partial charge >= 0.3 is 24.6 Å². The van der Waals surface area contributed by atoms with E-state index in [2.05, 4.69) is 4.74 Å². The SMILES string of the molecule is CCN(C(=O)c1ccc(F)cc1Cl)c1cccc(C(=O)Nc2c(Cl)cc(C(F)(C(F)(F)F)C(F)(F)F)cc2OC(F)F)c1F. The number of carbonyl (C=O) groups excluding carboxylic acids is 2. The second kappa shape index (κ2) is 12.7. The summed E-state index contributed by atoms with van der Waals surface area (Å²) in [5, 5.41) is 0.0807. The van der Waals surface area contributed by atoms with Gasteiger partial charge in [0.1, 0.15) is 11.5 Å². The fourth-order valence-corrected chi connectivity index (χ4v) is 4.40. The lowest BCUT2D eigenvalue weighted by Crippen LogP contribution is -2.50. The maximum absolute atomic E-state index is 15.6. The molecule has 5 nitrogen and oxygen atoms in total. The van der Waals surface area contributed by atoms with Gasteiger partial charge < -0.3 is 15.0 Å². The molecule has 238 valence electrons. The highest BCUT2D eigenvalue weighted by Crippen LogP contribution is 2.55. The molecule has 0 aromatic heterocycles. The van der Waals surface area contributed by atoms with E-state index in [-0.39, 0.29) is 23.2 Å². The fourth-order valence-electron chi connectivity index (χ4n) is 3.89. The lowest BCUT2D eigenvalue weighted by atomic mass is 9.93. The van der Waals surface area contributed by atoms with E-state index in [0.717, 1.165) is 41.3 Å². The molecule has 0 saturated carbocycles. The molecule has 0 unspecified atom stereocenters. The molecule has 1 N–H and O–H groups in total. The molecule has 2 amide bonds. The number of halogens is 13. The van der Waals surface area contributed by atoms with Crippen LogP contribution in [0.15, 0.2) is 48.5 Å².